The Labute approximate surface area is 222 Å². The van der Waals surface area contributed by atoms with Gasteiger partial charge in [-0.25, -0.2) is 22.2 Å². The number of anilines is 2. The van der Waals surface area contributed by atoms with Crippen LogP contribution in [0.1, 0.15) is 42.1 Å². The standard InChI is InChI=1S/C25H27F2N5O6S/c1-2-11-39(37,38)30-19-4-3-18(26)22(23(19)27)24(36)17-14-29-25-16(17)12-15(13-28-25)31-7-9-32(10-8-31)20(33)5-6-21(34)35/h3-4,12-14,30H,2,5-11H2,1H3,(H,28,29)(H,34,35). The highest BCUT2D eigenvalue weighted by Crippen LogP contribution is 2.29. The average Bonchev–Trinajstić information content (AvgIpc) is 3.32. The van der Waals surface area contributed by atoms with Crippen molar-refractivity contribution in [2.75, 3.05) is 41.6 Å². The van der Waals surface area contributed by atoms with Gasteiger partial charge >= 0.3 is 5.97 Å². The monoisotopic (exact) mass is 563 g/mol. The number of carbonyl (C=O) groups is 3. The van der Waals surface area contributed by atoms with E-state index in [-0.39, 0.29) is 36.5 Å². The number of sulfonamides is 1. The summed E-state index contributed by atoms with van der Waals surface area (Å²) in [7, 11) is -3.88. The number of H-pyrrole nitrogens is 1. The molecule has 0 saturated carbocycles. The number of amides is 1. The molecule has 3 heterocycles. The van der Waals surface area contributed by atoms with E-state index in [1.54, 1.807) is 24.1 Å². The number of carbonyl (C=O) groups excluding carboxylic acids is 2. The van der Waals surface area contributed by atoms with Crippen molar-refractivity contribution in [3.05, 3.63) is 53.4 Å². The molecule has 1 amide bonds. The number of aromatic nitrogens is 2. The number of nitrogens with one attached hydrogen (secondary N) is 2. The summed E-state index contributed by atoms with van der Waals surface area (Å²) in [6.45, 7) is 3.24. The molecule has 208 valence electrons. The molecule has 39 heavy (non-hydrogen) atoms. The number of hydrogen-bond acceptors (Lipinski definition) is 7. The van der Waals surface area contributed by atoms with Crippen molar-refractivity contribution in [2.24, 2.45) is 0 Å². The molecular formula is C25H27F2N5O6S. The lowest BCUT2D eigenvalue weighted by atomic mass is 10.0. The summed E-state index contributed by atoms with van der Waals surface area (Å²) in [6, 6.07) is 3.41. The van der Waals surface area contributed by atoms with E-state index in [4.69, 9.17) is 5.11 Å². The minimum atomic E-state index is -3.88. The van der Waals surface area contributed by atoms with Gasteiger partial charge in [0.1, 0.15) is 11.5 Å². The van der Waals surface area contributed by atoms with Gasteiger partial charge in [0.25, 0.3) is 0 Å². The minimum Gasteiger partial charge on any atom is -0.481 e. The van der Waals surface area contributed by atoms with Crippen molar-refractivity contribution in [3.63, 3.8) is 0 Å². The van der Waals surface area contributed by atoms with E-state index in [0.29, 0.717) is 42.9 Å². The summed E-state index contributed by atoms with van der Waals surface area (Å²) in [5.74, 6) is -5.00. The number of halogens is 2. The highest BCUT2D eigenvalue weighted by Gasteiger charge is 2.27. The Hall–Kier alpha value is -4.07. The van der Waals surface area contributed by atoms with E-state index in [1.165, 1.54) is 6.20 Å². The van der Waals surface area contributed by atoms with Gasteiger partial charge in [0.2, 0.25) is 21.7 Å². The number of pyridine rings is 1. The molecule has 1 saturated heterocycles. The molecule has 0 bridgehead atoms. The van der Waals surface area contributed by atoms with Crippen molar-refractivity contribution >= 4 is 50.1 Å². The van der Waals surface area contributed by atoms with Crippen LogP contribution in [-0.2, 0) is 19.6 Å². The Morgan fingerprint density at radius 2 is 1.85 bits per heavy atom. The van der Waals surface area contributed by atoms with Crippen molar-refractivity contribution in [1.29, 1.82) is 0 Å². The molecule has 3 aromatic rings. The maximum Gasteiger partial charge on any atom is 0.303 e. The molecule has 1 aliphatic rings. The number of carboxylic acid groups (broad SMARTS) is 1. The fourth-order valence-electron chi connectivity index (χ4n) is 4.40. The molecule has 2 aromatic heterocycles. The maximum atomic E-state index is 15.2. The molecule has 1 aliphatic heterocycles. The fourth-order valence-corrected chi connectivity index (χ4v) is 5.53. The lowest BCUT2D eigenvalue weighted by molar-refractivity contribution is -0.141. The zero-order chi connectivity index (χ0) is 28.3. The molecule has 3 N–H and O–H groups in total. The topological polar surface area (TPSA) is 153 Å². The maximum absolute atomic E-state index is 15.2. The number of nitrogens with zero attached hydrogens (tertiary/aromatic N) is 3. The Balaban J connectivity index is 1.57. The summed E-state index contributed by atoms with van der Waals surface area (Å²) >= 11 is 0. The van der Waals surface area contributed by atoms with Gasteiger partial charge in [0.15, 0.2) is 5.82 Å². The summed E-state index contributed by atoms with van der Waals surface area (Å²) in [4.78, 5) is 46.9. The lowest BCUT2D eigenvalue weighted by Gasteiger charge is -2.36. The van der Waals surface area contributed by atoms with Gasteiger partial charge in [0, 0.05) is 49.7 Å². The molecule has 0 spiro atoms. The van der Waals surface area contributed by atoms with Crippen LogP contribution >= 0.6 is 0 Å². The number of benzene rings is 1. The molecular weight excluding hydrogens is 536 g/mol. The van der Waals surface area contributed by atoms with E-state index < -0.39 is 44.7 Å². The number of ketones is 1. The molecule has 0 atom stereocenters. The van der Waals surface area contributed by atoms with Gasteiger partial charge in [-0.1, -0.05) is 6.92 Å². The number of hydrogen-bond donors (Lipinski definition) is 3. The van der Waals surface area contributed by atoms with Crippen molar-refractivity contribution in [1.82, 2.24) is 14.9 Å². The minimum absolute atomic E-state index is 0.0480. The van der Waals surface area contributed by atoms with Gasteiger partial charge in [-0.15, -0.1) is 0 Å². The first-order valence-corrected chi connectivity index (χ1v) is 13.9. The van der Waals surface area contributed by atoms with Crippen LogP contribution in [0.3, 0.4) is 0 Å². The Bertz CT molecular complexity index is 1530. The van der Waals surface area contributed by atoms with Crippen molar-refractivity contribution < 1.29 is 36.7 Å². The summed E-state index contributed by atoms with van der Waals surface area (Å²) < 4.78 is 56.2. The molecule has 4 rings (SSSR count). The quantitative estimate of drug-likeness (QED) is 0.319. The van der Waals surface area contributed by atoms with Gasteiger partial charge in [-0.2, -0.15) is 0 Å². The normalized spacial score (nSPS) is 14.0. The van der Waals surface area contributed by atoms with Crippen LogP contribution in [0, 0.1) is 11.6 Å². The third-order valence-electron chi connectivity index (χ3n) is 6.37. The number of fused-ring (bicyclic) bond motifs is 1. The Morgan fingerprint density at radius 3 is 2.51 bits per heavy atom. The zero-order valence-electron chi connectivity index (χ0n) is 21.0. The molecule has 1 aromatic carbocycles. The Morgan fingerprint density at radius 1 is 1.13 bits per heavy atom. The first-order valence-electron chi connectivity index (χ1n) is 12.3. The summed E-state index contributed by atoms with van der Waals surface area (Å²) in [5.41, 5.74) is -0.539. The number of aromatic amines is 1. The third-order valence-corrected chi connectivity index (χ3v) is 7.84. The van der Waals surface area contributed by atoms with Gasteiger partial charge in [0.05, 0.1) is 35.3 Å². The fraction of sp³-hybridized carbons (Fsp3) is 0.360. The van der Waals surface area contributed by atoms with Crippen LogP contribution in [-0.4, -0.2) is 78.0 Å². The summed E-state index contributed by atoms with van der Waals surface area (Å²) in [6.07, 6.45) is 2.82. The molecule has 0 radical (unpaired) electrons. The second-order valence-corrected chi connectivity index (χ2v) is 10.9. The highest BCUT2D eigenvalue weighted by molar-refractivity contribution is 7.92. The van der Waals surface area contributed by atoms with Gasteiger partial charge in [-0.05, 0) is 24.6 Å². The van der Waals surface area contributed by atoms with Crippen molar-refractivity contribution in [3.8, 4) is 0 Å². The van der Waals surface area contributed by atoms with E-state index in [1.807, 2.05) is 4.90 Å². The first kappa shape index (κ1) is 28.0. The lowest BCUT2D eigenvalue weighted by Crippen LogP contribution is -2.48. The van der Waals surface area contributed by atoms with Crippen LogP contribution in [0.4, 0.5) is 20.2 Å². The van der Waals surface area contributed by atoms with E-state index in [2.05, 4.69) is 14.7 Å². The first-order chi connectivity index (χ1) is 18.5. The number of carboxylic acids is 1. The highest BCUT2D eigenvalue weighted by atomic mass is 32.2. The second kappa shape index (κ2) is 11.4. The van der Waals surface area contributed by atoms with Crippen molar-refractivity contribution in [2.45, 2.75) is 26.2 Å². The second-order valence-electron chi connectivity index (χ2n) is 9.09. The van der Waals surface area contributed by atoms with Crippen LogP contribution < -0.4 is 9.62 Å². The molecule has 0 unspecified atom stereocenters. The molecule has 11 nitrogen and oxygen atoms in total. The van der Waals surface area contributed by atoms with Crippen LogP contribution in [0.15, 0.2) is 30.6 Å². The zero-order valence-corrected chi connectivity index (χ0v) is 21.9. The van der Waals surface area contributed by atoms with Gasteiger partial charge in [-0.3, -0.25) is 19.1 Å². The Kier molecular flexibility index (Phi) is 8.14. The predicted octanol–water partition coefficient (Wildman–Crippen LogP) is 2.74. The molecule has 14 heteroatoms. The van der Waals surface area contributed by atoms with Crippen LogP contribution in [0.25, 0.3) is 11.0 Å². The third kappa shape index (κ3) is 6.16. The molecule has 1 fully saturated rings. The molecule has 0 aliphatic carbocycles. The predicted molar refractivity (Wildman–Crippen MR) is 139 cm³/mol. The van der Waals surface area contributed by atoms with Crippen LogP contribution in [0.5, 0.6) is 0 Å². The van der Waals surface area contributed by atoms with E-state index in [9.17, 15) is 27.2 Å². The van der Waals surface area contributed by atoms with Crippen LogP contribution in [0.2, 0.25) is 0 Å². The van der Waals surface area contributed by atoms with E-state index in [0.717, 1.165) is 12.1 Å². The average molecular weight is 564 g/mol. The largest absolute Gasteiger partial charge is 0.481 e. The van der Waals surface area contributed by atoms with E-state index >= 15 is 4.39 Å². The number of rotatable bonds is 10. The SMILES string of the molecule is CCCS(=O)(=O)Nc1ccc(F)c(C(=O)c2c[nH]c3ncc(N4CCN(C(=O)CCC(=O)O)CC4)cc23)c1F. The smallest absolute Gasteiger partial charge is 0.303 e. The number of aliphatic carboxylic acids is 1. The van der Waals surface area contributed by atoms with Gasteiger partial charge < -0.3 is 19.9 Å². The number of piperazine rings is 1. The summed E-state index contributed by atoms with van der Waals surface area (Å²) in [5, 5.41) is 9.09.